The van der Waals surface area contributed by atoms with Gasteiger partial charge in [-0.25, -0.2) is 8.42 Å². The smallest absolute Gasteiger partial charge is 0.150 e. The SMILES string of the molecule is CCNC(CCCS(=O)(=O)CC)c1cn(C)nc1CC. The number of hydrogen-bond acceptors (Lipinski definition) is 4. The molecular formula is C14H27N3O2S. The van der Waals surface area contributed by atoms with Crippen molar-refractivity contribution in [2.75, 3.05) is 18.1 Å². The Bertz CT molecular complexity index is 508. The molecule has 1 aromatic heterocycles. The molecule has 0 bridgehead atoms. The molecule has 5 nitrogen and oxygen atoms in total. The third kappa shape index (κ3) is 4.90. The Morgan fingerprint density at radius 2 is 2.05 bits per heavy atom. The van der Waals surface area contributed by atoms with Crippen molar-refractivity contribution < 1.29 is 8.42 Å². The fraction of sp³-hybridized carbons (Fsp3) is 0.786. The number of aromatic nitrogens is 2. The minimum absolute atomic E-state index is 0.190. The Morgan fingerprint density at radius 3 is 2.60 bits per heavy atom. The normalized spacial score (nSPS) is 13.6. The molecule has 0 saturated heterocycles. The van der Waals surface area contributed by atoms with Crippen molar-refractivity contribution in [3.05, 3.63) is 17.5 Å². The predicted octanol–water partition coefficient (Wildman–Crippen LogP) is 1.85. The lowest BCUT2D eigenvalue weighted by atomic mass is 10.0. The zero-order valence-electron chi connectivity index (χ0n) is 13.0. The van der Waals surface area contributed by atoms with Crippen LogP contribution >= 0.6 is 0 Å². The van der Waals surface area contributed by atoms with E-state index in [2.05, 4.69) is 24.3 Å². The molecule has 0 amide bonds. The number of nitrogens with one attached hydrogen (secondary N) is 1. The van der Waals surface area contributed by atoms with Crippen molar-refractivity contribution in [2.45, 2.75) is 46.1 Å². The summed E-state index contributed by atoms with van der Waals surface area (Å²) in [7, 11) is -0.948. The second-order valence-corrected chi connectivity index (χ2v) is 7.52. The lowest BCUT2D eigenvalue weighted by Crippen LogP contribution is -2.22. The summed E-state index contributed by atoms with van der Waals surface area (Å²) in [6.07, 6.45) is 4.45. The summed E-state index contributed by atoms with van der Waals surface area (Å²) >= 11 is 0. The van der Waals surface area contributed by atoms with E-state index in [0.29, 0.717) is 6.42 Å². The van der Waals surface area contributed by atoms with E-state index in [1.54, 1.807) is 6.92 Å². The van der Waals surface area contributed by atoms with Crippen LogP contribution in [0.1, 0.15) is 50.9 Å². The molecule has 116 valence electrons. The van der Waals surface area contributed by atoms with Gasteiger partial charge in [0.15, 0.2) is 0 Å². The monoisotopic (exact) mass is 301 g/mol. The minimum atomic E-state index is -2.87. The van der Waals surface area contributed by atoms with E-state index in [-0.39, 0.29) is 17.5 Å². The van der Waals surface area contributed by atoms with Crippen molar-refractivity contribution in [1.82, 2.24) is 15.1 Å². The molecule has 0 aliphatic rings. The average Bonchev–Trinajstić information content (AvgIpc) is 2.79. The van der Waals surface area contributed by atoms with Crippen LogP contribution in [0, 0.1) is 0 Å². The molecule has 20 heavy (non-hydrogen) atoms. The fourth-order valence-corrected chi connectivity index (χ4v) is 3.28. The largest absolute Gasteiger partial charge is 0.310 e. The summed E-state index contributed by atoms with van der Waals surface area (Å²) in [5, 5.41) is 7.91. The Kier molecular flexibility index (Phi) is 6.68. The van der Waals surface area contributed by atoms with Gasteiger partial charge in [0.05, 0.1) is 11.4 Å². The molecular weight excluding hydrogens is 274 g/mol. The van der Waals surface area contributed by atoms with E-state index in [1.165, 1.54) is 5.56 Å². The molecule has 0 spiro atoms. The van der Waals surface area contributed by atoms with E-state index in [1.807, 2.05) is 17.9 Å². The fourth-order valence-electron chi connectivity index (χ4n) is 2.38. The van der Waals surface area contributed by atoms with Gasteiger partial charge in [-0.3, -0.25) is 4.68 Å². The first-order valence-electron chi connectivity index (χ1n) is 7.39. The molecule has 1 N–H and O–H groups in total. The standard InChI is InChI=1S/C14H27N3O2S/c1-5-13-12(11-17(4)16-13)14(15-6-2)9-8-10-20(18,19)7-3/h11,14-15H,5-10H2,1-4H3. The van der Waals surface area contributed by atoms with Gasteiger partial charge in [-0.2, -0.15) is 5.10 Å². The maximum absolute atomic E-state index is 11.6. The van der Waals surface area contributed by atoms with E-state index in [4.69, 9.17) is 0 Å². The molecule has 0 aliphatic heterocycles. The Labute approximate surface area is 122 Å². The number of nitrogens with zero attached hydrogens (tertiary/aromatic N) is 2. The lowest BCUT2D eigenvalue weighted by molar-refractivity contribution is 0.503. The van der Waals surface area contributed by atoms with Gasteiger partial charge in [-0.1, -0.05) is 20.8 Å². The summed E-state index contributed by atoms with van der Waals surface area (Å²) in [5.41, 5.74) is 2.29. The zero-order chi connectivity index (χ0) is 15.2. The molecule has 0 fully saturated rings. The van der Waals surface area contributed by atoms with Crippen molar-refractivity contribution in [1.29, 1.82) is 0 Å². The highest BCUT2D eigenvalue weighted by Crippen LogP contribution is 2.22. The molecule has 0 aromatic carbocycles. The molecule has 6 heteroatoms. The van der Waals surface area contributed by atoms with Gasteiger partial charge in [0.25, 0.3) is 0 Å². The van der Waals surface area contributed by atoms with Gasteiger partial charge in [0, 0.05) is 30.6 Å². The topological polar surface area (TPSA) is 64.0 Å². The number of aryl methyl sites for hydroxylation is 2. The van der Waals surface area contributed by atoms with Crippen LogP contribution in [0.4, 0.5) is 0 Å². The highest BCUT2D eigenvalue weighted by molar-refractivity contribution is 7.91. The maximum Gasteiger partial charge on any atom is 0.150 e. The van der Waals surface area contributed by atoms with Gasteiger partial charge in [0.2, 0.25) is 0 Å². The van der Waals surface area contributed by atoms with E-state index in [9.17, 15) is 8.42 Å². The Balaban J connectivity index is 2.73. The number of sulfone groups is 1. The summed E-state index contributed by atoms with van der Waals surface area (Å²) in [5.74, 6) is 0.499. The van der Waals surface area contributed by atoms with Gasteiger partial charge >= 0.3 is 0 Å². The molecule has 0 saturated carbocycles. The quantitative estimate of drug-likeness (QED) is 0.756. The molecule has 1 aromatic rings. The first-order valence-corrected chi connectivity index (χ1v) is 9.21. The van der Waals surface area contributed by atoms with Crippen LogP contribution in [0.5, 0.6) is 0 Å². The summed E-state index contributed by atoms with van der Waals surface area (Å²) < 4.78 is 25.0. The second-order valence-electron chi connectivity index (χ2n) is 5.05. The Morgan fingerprint density at radius 1 is 1.35 bits per heavy atom. The average molecular weight is 301 g/mol. The maximum atomic E-state index is 11.6. The van der Waals surface area contributed by atoms with Crippen LogP contribution in [0.2, 0.25) is 0 Å². The predicted molar refractivity (Wildman–Crippen MR) is 82.6 cm³/mol. The highest BCUT2D eigenvalue weighted by atomic mass is 32.2. The van der Waals surface area contributed by atoms with Gasteiger partial charge in [0.1, 0.15) is 9.84 Å². The van der Waals surface area contributed by atoms with E-state index < -0.39 is 9.84 Å². The molecule has 1 atom stereocenters. The molecule has 1 unspecified atom stereocenters. The van der Waals surface area contributed by atoms with Gasteiger partial charge in [-0.15, -0.1) is 0 Å². The third-order valence-electron chi connectivity index (χ3n) is 3.49. The highest BCUT2D eigenvalue weighted by Gasteiger charge is 2.18. The lowest BCUT2D eigenvalue weighted by Gasteiger charge is -2.17. The summed E-state index contributed by atoms with van der Waals surface area (Å²) in [6, 6.07) is 0.190. The van der Waals surface area contributed by atoms with Gasteiger partial charge in [-0.05, 0) is 25.8 Å². The first-order chi connectivity index (χ1) is 9.43. The third-order valence-corrected chi connectivity index (χ3v) is 5.28. The second kappa shape index (κ2) is 7.78. The van der Waals surface area contributed by atoms with Crippen LogP contribution in [0.3, 0.4) is 0 Å². The van der Waals surface area contributed by atoms with Crippen LogP contribution in [0.15, 0.2) is 6.20 Å². The minimum Gasteiger partial charge on any atom is -0.310 e. The van der Waals surface area contributed by atoms with Crippen LogP contribution in [0.25, 0.3) is 0 Å². The molecule has 0 aliphatic carbocycles. The number of hydrogen-bond donors (Lipinski definition) is 1. The van der Waals surface area contributed by atoms with E-state index >= 15 is 0 Å². The van der Waals surface area contributed by atoms with Gasteiger partial charge < -0.3 is 5.32 Å². The zero-order valence-corrected chi connectivity index (χ0v) is 13.8. The van der Waals surface area contributed by atoms with Crippen LogP contribution < -0.4 is 5.32 Å². The van der Waals surface area contributed by atoms with E-state index in [0.717, 1.165) is 25.1 Å². The first kappa shape index (κ1) is 17.2. The Hall–Kier alpha value is -0.880. The van der Waals surface area contributed by atoms with Crippen molar-refractivity contribution in [2.24, 2.45) is 7.05 Å². The van der Waals surface area contributed by atoms with Crippen LogP contribution in [-0.2, 0) is 23.3 Å². The van der Waals surface area contributed by atoms with Crippen molar-refractivity contribution in [3.8, 4) is 0 Å². The molecule has 0 radical (unpaired) electrons. The molecule has 1 heterocycles. The van der Waals surface area contributed by atoms with Crippen molar-refractivity contribution in [3.63, 3.8) is 0 Å². The van der Waals surface area contributed by atoms with Crippen LogP contribution in [-0.4, -0.2) is 36.2 Å². The molecule has 1 rings (SSSR count). The number of rotatable bonds is 9. The van der Waals surface area contributed by atoms with Crippen molar-refractivity contribution >= 4 is 9.84 Å². The summed E-state index contributed by atoms with van der Waals surface area (Å²) in [6.45, 7) is 6.73. The summed E-state index contributed by atoms with van der Waals surface area (Å²) in [4.78, 5) is 0.